The highest BCUT2D eigenvalue weighted by Crippen LogP contribution is 2.19. The van der Waals surface area contributed by atoms with Crippen molar-refractivity contribution in [2.75, 3.05) is 13.1 Å². The highest BCUT2D eigenvalue weighted by Gasteiger charge is 2.24. The molecule has 3 heteroatoms. The Morgan fingerprint density at radius 3 is 2.36 bits per heavy atom. The molecular formula is C11H22N2O. The molecule has 0 bridgehead atoms. The molecule has 2 aliphatic rings. The number of rotatable bonds is 2. The lowest BCUT2D eigenvalue weighted by Gasteiger charge is -2.35. The zero-order valence-corrected chi connectivity index (χ0v) is 8.91. The molecule has 0 spiro atoms. The molecule has 14 heavy (non-hydrogen) atoms. The summed E-state index contributed by atoms with van der Waals surface area (Å²) in [5.41, 5.74) is 3.49. The van der Waals surface area contributed by atoms with E-state index < -0.39 is 0 Å². The van der Waals surface area contributed by atoms with E-state index >= 15 is 0 Å². The molecule has 1 saturated carbocycles. The Labute approximate surface area is 86.5 Å². The smallest absolute Gasteiger partial charge is 0.0706 e. The second-order valence-electron chi connectivity index (χ2n) is 4.64. The number of nitrogens with zero attached hydrogens (tertiary/aromatic N) is 1. The molecule has 3 nitrogen and oxygen atoms in total. The van der Waals surface area contributed by atoms with Crippen LogP contribution in [0.25, 0.3) is 0 Å². The number of aliphatic hydroxyl groups is 1. The van der Waals surface area contributed by atoms with Crippen LogP contribution >= 0.6 is 0 Å². The second-order valence-corrected chi connectivity index (χ2v) is 4.64. The third kappa shape index (κ3) is 2.69. The van der Waals surface area contributed by atoms with Crippen molar-refractivity contribution in [3.05, 3.63) is 0 Å². The third-order valence-corrected chi connectivity index (χ3v) is 3.43. The zero-order valence-electron chi connectivity index (χ0n) is 8.91. The van der Waals surface area contributed by atoms with Crippen LogP contribution in [0, 0.1) is 0 Å². The van der Waals surface area contributed by atoms with Crippen LogP contribution in [0.3, 0.4) is 0 Å². The van der Waals surface area contributed by atoms with Crippen molar-refractivity contribution >= 4 is 0 Å². The summed E-state index contributed by atoms with van der Waals surface area (Å²) in [6, 6.07) is 0.321. The van der Waals surface area contributed by atoms with Gasteiger partial charge in [-0.2, -0.15) is 0 Å². The van der Waals surface area contributed by atoms with E-state index in [0.29, 0.717) is 6.04 Å². The van der Waals surface area contributed by atoms with Crippen molar-refractivity contribution in [3.8, 4) is 0 Å². The Hall–Kier alpha value is -0.120. The number of nitrogens with one attached hydrogen (secondary N) is 1. The van der Waals surface area contributed by atoms with Crippen LogP contribution in [-0.2, 0) is 0 Å². The SMILES string of the molecule is O[C@@H]1CCCC[C@H]1NN1CCCCC1. The van der Waals surface area contributed by atoms with E-state index in [1.807, 2.05) is 0 Å². The Balaban J connectivity index is 1.76. The second kappa shape index (κ2) is 5.10. The fraction of sp³-hybridized carbons (Fsp3) is 1.00. The molecule has 0 radical (unpaired) electrons. The molecule has 0 amide bonds. The van der Waals surface area contributed by atoms with Gasteiger partial charge in [0.05, 0.1) is 6.10 Å². The highest BCUT2D eigenvalue weighted by atomic mass is 16.3. The van der Waals surface area contributed by atoms with Crippen LogP contribution in [-0.4, -0.2) is 35.4 Å². The number of hydrogen-bond acceptors (Lipinski definition) is 3. The van der Waals surface area contributed by atoms with Crippen molar-refractivity contribution in [1.82, 2.24) is 10.4 Å². The minimum absolute atomic E-state index is 0.120. The van der Waals surface area contributed by atoms with Gasteiger partial charge in [0.1, 0.15) is 0 Å². The summed E-state index contributed by atoms with van der Waals surface area (Å²) in [6.45, 7) is 2.31. The van der Waals surface area contributed by atoms with E-state index in [4.69, 9.17) is 0 Å². The molecule has 1 aliphatic carbocycles. The number of hydrazine groups is 1. The topological polar surface area (TPSA) is 35.5 Å². The first-order valence-electron chi connectivity index (χ1n) is 6.05. The fourth-order valence-electron chi connectivity index (χ4n) is 2.52. The van der Waals surface area contributed by atoms with Gasteiger partial charge in [-0.15, -0.1) is 0 Å². The summed E-state index contributed by atoms with van der Waals surface area (Å²) in [7, 11) is 0. The van der Waals surface area contributed by atoms with Crippen molar-refractivity contribution in [2.45, 2.75) is 57.1 Å². The molecule has 2 fully saturated rings. The summed E-state index contributed by atoms with van der Waals surface area (Å²) < 4.78 is 0. The maximum atomic E-state index is 9.81. The summed E-state index contributed by atoms with van der Waals surface area (Å²) in [5.74, 6) is 0. The summed E-state index contributed by atoms with van der Waals surface area (Å²) in [4.78, 5) is 0. The fourth-order valence-corrected chi connectivity index (χ4v) is 2.52. The Bertz CT molecular complexity index is 169. The van der Waals surface area contributed by atoms with Gasteiger partial charge >= 0.3 is 0 Å². The van der Waals surface area contributed by atoms with E-state index in [-0.39, 0.29) is 6.10 Å². The van der Waals surface area contributed by atoms with Gasteiger partial charge < -0.3 is 5.11 Å². The lowest BCUT2D eigenvalue weighted by molar-refractivity contribution is 0.0313. The van der Waals surface area contributed by atoms with Gasteiger partial charge in [0, 0.05) is 19.1 Å². The average Bonchev–Trinajstić information content (AvgIpc) is 2.23. The van der Waals surface area contributed by atoms with Crippen LogP contribution in [0.5, 0.6) is 0 Å². The van der Waals surface area contributed by atoms with E-state index in [9.17, 15) is 5.11 Å². The van der Waals surface area contributed by atoms with Crippen LogP contribution in [0.1, 0.15) is 44.9 Å². The van der Waals surface area contributed by atoms with Crippen molar-refractivity contribution in [1.29, 1.82) is 0 Å². The minimum atomic E-state index is -0.120. The van der Waals surface area contributed by atoms with Gasteiger partial charge in [-0.05, 0) is 25.7 Å². The molecule has 2 rings (SSSR count). The molecule has 0 aromatic heterocycles. The van der Waals surface area contributed by atoms with Crippen molar-refractivity contribution < 1.29 is 5.11 Å². The first-order valence-corrected chi connectivity index (χ1v) is 6.05. The van der Waals surface area contributed by atoms with Crippen LogP contribution < -0.4 is 5.43 Å². The first kappa shape index (κ1) is 10.4. The zero-order chi connectivity index (χ0) is 9.80. The van der Waals surface area contributed by atoms with Gasteiger partial charge in [0.25, 0.3) is 0 Å². The van der Waals surface area contributed by atoms with E-state index in [2.05, 4.69) is 10.4 Å². The first-order chi connectivity index (χ1) is 6.86. The van der Waals surface area contributed by atoms with Crippen LogP contribution in [0.15, 0.2) is 0 Å². The van der Waals surface area contributed by atoms with Crippen molar-refractivity contribution in [2.24, 2.45) is 0 Å². The van der Waals surface area contributed by atoms with Gasteiger partial charge in [-0.25, -0.2) is 10.4 Å². The average molecular weight is 198 g/mol. The Morgan fingerprint density at radius 2 is 1.64 bits per heavy atom. The lowest BCUT2D eigenvalue weighted by Crippen LogP contribution is -2.52. The molecule has 0 aromatic carbocycles. The molecule has 82 valence electrons. The van der Waals surface area contributed by atoms with Crippen LogP contribution in [0.2, 0.25) is 0 Å². The van der Waals surface area contributed by atoms with Gasteiger partial charge in [-0.1, -0.05) is 19.3 Å². The molecule has 1 saturated heterocycles. The third-order valence-electron chi connectivity index (χ3n) is 3.43. The molecule has 1 aliphatic heterocycles. The minimum Gasteiger partial charge on any atom is -0.391 e. The summed E-state index contributed by atoms with van der Waals surface area (Å²) in [6.07, 6.45) is 8.42. The monoisotopic (exact) mass is 198 g/mol. The molecule has 1 heterocycles. The normalized spacial score (nSPS) is 35.8. The van der Waals surface area contributed by atoms with Crippen LogP contribution in [0.4, 0.5) is 0 Å². The molecule has 0 aromatic rings. The Morgan fingerprint density at radius 1 is 0.929 bits per heavy atom. The largest absolute Gasteiger partial charge is 0.391 e. The Kier molecular flexibility index (Phi) is 3.79. The molecule has 2 atom stereocenters. The van der Waals surface area contributed by atoms with Crippen molar-refractivity contribution in [3.63, 3.8) is 0 Å². The summed E-state index contributed by atoms with van der Waals surface area (Å²) >= 11 is 0. The molecule has 2 N–H and O–H groups in total. The van der Waals surface area contributed by atoms with E-state index in [0.717, 1.165) is 25.9 Å². The molecular weight excluding hydrogens is 176 g/mol. The van der Waals surface area contributed by atoms with Gasteiger partial charge in [0.15, 0.2) is 0 Å². The predicted octanol–water partition coefficient (Wildman–Crippen LogP) is 1.28. The quantitative estimate of drug-likeness (QED) is 0.701. The number of aliphatic hydroxyl groups excluding tert-OH is 1. The molecule has 0 unspecified atom stereocenters. The highest BCUT2D eigenvalue weighted by molar-refractivity contribution is 4.80. The summed E-state index contributed by atoms with van der Waals surface area (Å²) in [5, 5.41) is 12.1. The number of piperidine rings is 1. The standard InChI is InChI=1S/C11H22N2O/c14-11-7-3-2-6-10(11)12-13-8-4-1-5-9-13/h10-12,14H,1-9H2/t10-,11-/m1/s1. The predicted molar refractivity (Wildman–Crippen MR) is 56.8 cm³/mol. The van der Waals surface area contributed by atoms with E-state index in [1.165, 1.54) is 32.1 Å². The van der Waals surface area contributed by atoms with Gasteiger partial charge in [-0.3, -0.25) is 0 Å². The number of hydrogen-bond donors (Lipinski definition) is 2. The maximum absolute atomic E-state index is 9.81. The lowest BCUT2D eigenvalue weighted by atomic mass is 9.93. The maximum Gasteiger partial charge on any atom is 0.0706 e. The van der Waals surface area contributed by atoms with E-state index in [1.54, 1.807) is 0 Å². The van der Waals surface area contributed by atoms with Gasteiger partial charge in [0.2, 0.25) is 0 Å².